The molecule has 0 fully saturated rings. The number of hydrogen-bond donors (Lipinski definition) is 1. The number of para-hydroxylation sites is 1. The molecule has 140 valence electrons. The second-order valence-electron chi connectivity index (χ2n) is 6.45. The zero-order chi connectivity index (χ0) is 19.7. The quantitative estimate of drug-likeness (QED) is 0.545. The standard InChI is InChI=1S/C21H17N3O4/c1-12-7-9-14(10-8-12)20-24-23-19(28-20)13(2)27-21(26)16-11-18(25)22-17-6-4-3-5-15(16)17/h3-11,13H,1-2H3,(H,22,25)/t13-/m0/s1. The van der Waals surface area contributed by atoms with E-state index in [1.54, 1.807) is 31.2 Å². The van der Waals surface area contributed by atoms with Crippen molar-refractivity contribution in [3.63, 3.8) is 0 Å². The van der Waals surface area contributed by atoms with Crippen molar-refractivity contribution >= 4 is 16.9 Å². The van der Waals surface area contributed by atoms with Crippen molar-refractivity contribution in [2.75, 3.05) is 0 Å². The summed E-state index contributed by atoms with van der Waals surface area (Å²) in [5, 5.41) is 8.60. The van der Waals surface area contributed by atoms with Gasteiger partial charge in [0, 0.05) is 22.5 Å². The fourth-order valence-electron chi connectivity index (χ4n) is 2.86. The van der Waals surface area contributed by atoms with Gasteiger partial charge in [-0.05, 0) is 32.0 Å². The number of nitrogens with zero attached hydrogens (tertiary/aromatic N) is 2. The lowest BCUT2D eigenvalue weighted by atomic mass is 10.1. The predicted octanol–water partition coefficient (Wildman–Crippen LogP) is 3.80. The van der Waals surface area contributed by atoms with E-state index in [4.69, 9.17) is 9.15 Å². The van der Waals surface area contributed by atoms with Crippen LogP contribution in [-0.4, -0.2) is 21.2 Å². The molecule has 0 bridgehead atoms. The monoisotopic (exact) mass is 375 g/mol. The Hall–Kier alpha value is -3.74. The lowest BCUT2D eigenvalue weighted by Gasteiger charge is -2.10. The first-order valence-electron chi connectivity index (χ1n) is 8.75. The van der Waals surface area contributed by atoms with E-state index in [2.05, 4.69) is 15.2 Å². The fourth-order valence-corrected chi connectivity index (χ4v) is 2.86. The van der Waals surface area contributed by atoms with Gasteiger partial charge < -0.3 is 14.1 Å². The molecule has 0 spiro atoms. The summed E-state index contributed by atoms with van der Waals surface area (Å²) >= 11 is 0. The van der Waals surface area contributed by atoms with Crippen LogP contribution in [0.15, 0.2) is 63.8 Å². The lowest BCUT2D eigenvalue weighted by Crippen LogP contribution is -2.14. The van der Waals surface area contributed by atoms with Crippen molar-refractivity contribution in [3.05, 3.63) is 82.0 Å². The first-order chi connectivity index (χ1) is 13.5. The average Bonchev–Trinajstić information content (AvgIpc) is 3.18. The average molecular weight is 375 g/mol. The number of carbonyl (C=O) groups is 1. The molecule has 0 saturated heterocycles. The van der Waals surface area contributed by atoms with Gasteiger partial charge in [0.1, 0.15) is 0 Å². The van der Waals surface area contributed by atoms with Crippen molar-refractivity contribution in [2.45, 2.75) is 20.0 Å². The molecule has 7 nitrogen and oxygen atoms in total. The van der Waals surface area contributed by atoms with Crippen molar-refractivity contribution in [1.29, 1.82) is 0 Å². The zero-order valence-corrected chi connectivity index (χ0v) is 15.3. The first kappa shape index (κ1) is 17.7. The molecule has 0 saturated carbocycles. The van der Waals surface area contributed by atoms with E-state index in [-0.39, 0.29) is 17.0 Å². The molecular formula is C21H17N3O4. The number of aromatic amines is 1. The van der Waals surface area contributed by atoms with Crippen LogP contribution in [-0.2, 0) is 4.74 Å². The van der Waals surface area contributed by atoms with E-state index < -0.39 is 12.1 Å². The fraction of sp³-hybridized carbons (Fsp3) is 0.143. The molecule has 2 aromatic heterocycles. The molecule has 0 radical (unpaired) electrons. The van der Waals surface area contributed by atoms with E-state index in [9.17, 15) is 9.59 Å². The second-order valence-corrected chi connectivity index (χ2v) is 6.45. The first-order valence-corrected chi connectivity index (χ1v) is 8.75. The number of rotatable bonds is 4. The normalized spacial score (nSPS) is 12.1. The van der Waals surface area contributed by atoms with E-state index in [1.165, 1.54) is 6.07 Å². The summed E-state index contributed by atoms with van der Waals surface area (Å²) in [6.07, 6.45) is -0.766. The van der Waals surface area contributed by atoms with Gasteiger partial charge in [0.25, 0.3) is 5.89 Å². The van der Waals surface area contributed by atoms with Gasteiger partial charge in [-0.25, -0.2) is 4.79 Å². The van der Waals surface area contributed by atoms with Gasteiger partial charge >= 0.3 is 5.97 Å². The Morgan fingerprint density at radius 2 is 1.86 bits per heavy atom. The Morgan fingerprint density at radius 3 is 2.64 bits per heavy atom. The summed E-state index contributed by atoms with van der Waals surface area (Å²) in [4.78, 5) is 27.2. The maximum absolute atomic E-state index is 12.6. The molecule has 0 aliphatic heterocycles. The van der Waals surface area contributed by atoms with Gasteiger partial charge in [0.2, 0.25) is 11.4 Å². The Balaban J connectivity index is 1.57. The Labute approximate surface area is 160 Å². The zero-order valence-electron chi connectivity index (χ0n) is 15.3. The summed E-state index contributed by atoms with van der Waals surface area (Å²) in [6.45, 7) is 3.63. The number of ether oxygens (including phenoxy) is 1. The number of pyridine rings is 1. The van der Waals surface area contributed by atoms with Crippen LogP contribution in [0.1, 0.15) is 34.8 Å². The third-order valence-electron chi connectivity index (χ3n) is 4.34. The molecule has 7 heteroatoms. The molecule has 0 aliphatic rings. The van der Waals surface area contributed by atoms with E-state index in [1.807, 2.05) is 31.2 Å². The van der Waals surface area contributed by atoms with Crippen LogP contribution in [0.5, 0.6) is 0 Å². The second kappa shape index (κ2) is 7.11. The highest BCUT2D eigenvalue weighted by atomic mass is 16.6. The van der Waals surface area contributed by atoms with Crippen LogP contribution in [0.4, 0.5) is 0 Å². The summed E-state index contributed by atoms with van der Waals surface area (Å²) in [7, 11) is 0. The van der Waals surface area contributed by atoms with Crippen LogP contribution in [0.3, 0.4) is 0 Å². The van der Waals surface area contributed by atoms with Crippen molar-refractivity contribution < 1.29 is 13.9 Å². The van der Waals surface area contributed by atoms with Gasteiger partial charge in [-0.15, -0.1) is 10.2 Å². The molecule has 2 heterocycles. The number of nitrogens with one attached hydrogen (secondary N) is 1. The number of aromatic nitrogens is 3. The van der Waals surface area contributed by atoms with E-state index in [0.29, 0.717) is 16.8 Å². The Bertz CT molecular complexity index is 1210. The highest BCUT2D eigenvalue weighted by Gasteiger charge is 2.21. The third kappa shape index (κ3) is 3.42. The molecule has 28 heavy (non-hydrogen) atoms. The molecule has 0 unspecified atom stereocenters. The molecule has 1 atom stereocenters. The molecule has 4 aromatic rings. The Morgan fingerprint density at radius 1 is 1.11 bits per heavy atom. The maximum atomic E-state index is 12.6. The number of hydrogen-bond acceptors (Lipinski definition) is 6. The van der Waals surface area contributed by atoms with Crippen LogP contribution in [0.25, 0.3) is 22.4 Å². The smallest absolute Gasteiger partial charge is 0.339 e. The molecule has 1 N–H and O–H groups in total. The summed E-state index contributed by atoms with van der Waals surface area (Å²) < 4.78 is 11.1. The molecular weight excluding hydrogens is 358 g/mol. The van der Waals surface area contributed by atoms with Crippen molar-refractivity contribution in [1.82, 2.24) is 15.2 Å². The summed E-state index contributed by atoms with van der Waals surface area (Å²) in [6, 6.07) is 15.9. The number of fused-ring (bicyclic) bond motifs is 1. The topological polar surface area (TPSA) is 98.1 Å². The molecule has 2 aromatic carbocycles. The van der Waals surface area contributed by atoms with Gasteiger partial charge in [0.05, 0.1) is 5.56 Å². The highest BCUT2D eigenvalue weighted by molar-refractivity contribution is 6.03. The summed E-state index contributed by atoms with van der Waals surface area (Å²) in [5.41, 5.74) is 2.27. The minimum Gasteiger partial charge on any atom is -0.449 e. The van der Waals surface area contributed by atoms with Crippen LogP contribution < -0.4 is 5.56 Å². The molecule has 0 aliphatic carbocycles. The van der Waals surface area contributed by atoms with Gasteiger partial charge in [-0.1, -0.05) is 35.9 Å². The van der Waals surface area contributed by atoms with Gasteiger partial charge in [-0.3, -0.25) is 4.79 Å². The van der Waals surface area contributed by atoms with Gasteiger partial charge in [0.15, 0.2) is 6.10 Å². The van der Waals surface area contributed by atoms with Crippen LogP contribution in [0.2, 0.25) is 0 Å². The predicted molar refractivity (Wildman–Crippen MR) is 103 cm³/mol. The third-order valence-corrected chi connectivity index (χ3v) is 4.34. The lowest BCUT2D eigenvalue weighted by molar-refractivity contribution is 0.0282. The molecule has 0 amide bonds. The minimum absolute atomic E-state index is 0.179. The van der Waals surface area contributed by atoms with E-state index >= 15 is 0 Å². The largest absolute Gasteiger partial charge is 0.449 e. The Kier molecular flexibility index (Phi) is 4.49. The van der Waals surface area contributed by atoms with E-state index in [0.717, 1.165) is 11.1 Å². The highest BCUT2D eigenvalue weighted by Crippen LogP contribution is 2.24. The van der Waals surface area contributed by atoms with Gasteiger partial charge in [-0.2, -0.15) is 0 Å². The SMILES string of the molecule is Cc1ccc(-c2nnc([C@H](C)OC(=O)c3cc(=O)[nH]c4ccccc34)o2)cc1. The summed E-state index contributed by atoms with van der Waals surface area (Å²) in [5.74, 6) is -0.109. The maximum Gasteiger partial charge on any atom is 0.339 e. The molecule has 4 rings (SSSR count). The number of aryl methyl sites for hydroxylation is 1. The number of carbonyl (C=O) groups excluding carboxylic acids is 1. The van der Waals surface area contributed by atoms with Crippen LogP contribution >= 0.6 is 0 Å². The number of esters is 1. The number of H-pyrrole nitrogens is 1. The number of benzene rings is 2. The van der Waals surface area contributed by atoms with Crippen molar-refractivity contribution in [2.24, 2.45) is 0 Å². The van der Waals surface area contributed by atoms with Crippen molar-refractivity contribution in [3.8, 4) is 11.5 Å². The minimum atomic E-state index is -0.766. The van der Waals surface area contributed by atoms with Crippen LogP contribution in [0, 0.1) is 6.92 Å².